The average molecular weight is 532 g/mol. The van der Waals surface area contributed by atoms with Gasteiger partial charge in [-0.25, -0.2) is 0 Å². The molecule has 5 bridgehead atoms. The summed E-state index contributed by atoms with van der Waals surface area (Å²) in [6, 6.07) is -1.69. The van der Waals surface area contributed by atoms with Gasteiger partial charge in [-0.2, -0.15) is 0 Å². The number of likely N-dealkylation sites (tertiary alicyclic amines) is 1. The van der Waals surface area contributed by atoms with Crippen molar-refractivity contribution in [2.45, 2.75) is 89.8 Å². The van der Waals surface area contributed by atoms with Crippen molar-refractivity contribution < 1.29 is 33.8 Å². The van der Waals surface area contributed by atoms with Gasteiger partial charge in [0.05, 0.1) is 31.2 Å². The number of aliphatic hydroxyl groups excluding tert-OH is 1. The monoisotopic (exact) mass is 531 g/mol. The zero-order valence-corrected chi connectivity index (χ0v) is 23.2. The first kappa shape index (κ1) is 28.3. The van der Waals surface area contributed by atoms with Crippen LogP contribution in [-0.4, -0.2) is 93.7 Å². The summed E-state index contributed by atoms with van der Waals surface area (Å²) in [5.74, 6) is -3.51. The Labute approximate surface area is 224 Å². The van der Waals surface area contributed by atoms with Gasteiger partial charge in [0.1, 0.15) is 23.7 Å². The summed E-state index contributed by atoms with van der Waals surface area (Å²) in [6.45, 7) is 11.3. The van der Waals surface area contributed by atoms with E-state index in [1.54, 1.807) is 24.0 Å². The first-order valence-electron chi connectivity index (χ1n) is 13.6. The highest BCUT2D eigenvalue weighted by Gasteiger charge is 2.74. The Balaban J connectivity index is 1.83. The second-order valence-electron chi connectivity index (χ2n) is 12.1. The number of esters is 1. The van der Waals surface area contributed by atoms with Crippen LogP contribution >= 0.6 is 0 Å². The second-order valence-corrected chi connectivity index (χ2v) is 12.1. The van der Waals surface area contributed by atoms with Gasteiger partial charge < -0.3 is 29.7 Å². The molecule has 1 spiro atoms. The highest BCUT2D eigenvalue weighted by atomic mass is 16.6. The van der Waals surface area contributed by atoms with Gasteiger partial charge in [-0.3, -0.25) is 19.2 Å². The summed E-state index contributed by atoms with van der Waals surface area (Å²) in [5, 5.41) is 13.1. The molecule has 0 radical (unpaired) electrons. The third-order valence-corrected chi connectivity index (χ3v) is 8.10. The number of hydrogen-bond donors (Lipinski definition) is 2. The molecule has 0 aromatic rings. The minimum Gasteiger partial charge on any atom is -0.460 e. The lowest BCUT2D eigenvalue weighted by Gasteiger charge is -2.43. The van der Waals surface area contributed by atoms with E-state index in [0.29, 0.717) is 6.42 Å². The molecule has 2 fully saturated rings. The van der Waals surface area contributed by atoms with Crippen molar-refractivity contribution in [1.82, 2.24) is 15.1 Å². The summed E-state index contributed by atoms with van der Waals surface area (Å²) in [5.41, 5.74) is -1.95. The zero-order chi connectivity index (χ0) is 28.0. The largest absolute Gasteiger partial charge is 0.460 e. The van der Waals surface area contributed by atoms with Gasteiger partial charge >= 0.3 is 5.97 Å². The predicted molar refractivity (Wildman–Crippen MR) is 138 cm³/mol. The smallest absolute Gasteiger partial charge is 0.313 e. The number of nitrogens with one attached hydrogen (secondary N) is 1. The van der Waals surface area contributed by atoms with Crippen LogP contribution in [0.5, 0.6) is 0 Å². The Morgan fingerprint density at radius 3 is 2.50 bits per heavy atom. The molecule has 7 atom stereocenters. The molecule has 0 aromatic carbocycles. The molecular weight excluding hydrogens is 490 g/mol. The molecule has 10 heteroatoms. The van der Waals surface area contributed by atoms with Gasteiger partial charge in [-0.15, -0.1) is 0 Å². The fourth-order valence-corrected chi connectivity index (χ4v) is 6.15. The number of carbonyl (C=O) groups is 4. The molecule has 2 N–H and O–H groups in total. The first-order chi connectivity index (χ1) is 17.8. The number of fused-ring (bicyclic) bond motifs is 2. The predicted octanol–water partition coefficient (Wildman–Crippen LogP) is 1.18. The van der Waals surface area contributed by atoms with E-state index in [-0.39, 0.29) is 43.8 Å². The standard InChI is InChI=1S/C28H41N3O7/c1-16(2)18(15-32)31-23-25(35)30(27(4,5)6)13-9-7-8-10-20(33)29-14-17(3)37-26(36)21-19-11-12-28(23,38-19)22(21)24(31)34/h7,9,11-12,16-19,21-23,32H,8,10,13-15H2,1-6H3,(H,29,33)/b9-7-/t17-,18+,19+,21-,22-,23+,28-/m1/s1. The molecule has 10 nitrogen and oxygen atoms in total. The van der Waals surface area contributed by atoms with Gasteiger partial charge in [-0.1, -0.05) is 38.2 Å². The van der Waals surface area contributed by atoms with Crippen LogP contribution in [0.4, 0.5) is 0 Å². The minimum atomic E-state index is -1.34. The van der Waals surface area contributed by atoms with Gasteiger partial charge in [0.15, 0.2) is 0 Å². The number of nitrogens with zero attached hydrogens (tertiary/aromatic N) is 2. The Kier molecular flexibility index (Phi) is 7.78. The molecule has 0 aliphatic carbocycles. The van der Waals surface area contributed by atoms with Crippen molar-refractivity contribution in [2.24, 2.45) is 17.8 Å². The van der Waals surface area contributed by atoms with E-state index >= 15 is 0 Å². The summed E-state index contributed by atoms with van der Waals surface area (Å²) in [4.78, 5) is 57.5. The normalized spacial score (nSPS) is 35.9. The Morgan fingerprint density at radius 2 is 1.87 bits per heavy atom. The molecule has 0 unspecified atom stereocenters. The summed E-state index contributed by atoms with van der Waals surface area (Å²) < 4.78 is 12.1. The maximum absolute atomic E-state index is 14.5. The van der Waals surface area contributed by atoms with Crippen LogP contribution in [0, 0.1) is 17.8 Å². The first-order valence-corrected chi connectivity index (χ1v) is 13.6. The molecule has 0 aromatic heterocycles. The topological polar surface area (TPSA) is 125 Å². The van der Waals surface area contributed by atoms with Crippen LogP contribution in [-0.2, 0) is 28.7 Å². The van der Waals surface area contributed by atoms with Gasteiger partial charge in [0.25, 0.3) is 0 Å². The maximum atomic E-state index is 14.5. The zero-order valence-electron chi connectivity index (χ0n) is 23.2. The van der Waals surface area contributed by atoms with Crippen LogP contribution in [0.25, 0.3) is 0 Å². The van der Waals surface area contributed by atoms with Gasteiger partial charge in [0, 0.05) is 18.5 Å². The summed E-state index contributed by atoms with van der Waals surface area (Å²) in [7, 11) is 0. The molecule has 4 aliphatic rings. The van der Waals surface area contributed by atoms with E-state index in [1.807, 2.05) is 46.8 Å². The lowest BCUT2D eigenvalue weighted by molar-refractivity contribution is -0.160. The second kappa shape index (κ2) is 10.4. The van der Waals surface area contributed by atoms with Crippen LogP contribution in [0.1, 0.15) is 54.4 Å². The molecule has 4 aliphatic heterocycles. The highest BCUT2D eigenvalue weighted by molar-refractivity contribution is 5.99. The minimum absolute atomic E-state index is 0.148. The number of carbonyl (C=O) groups excluding carboxylic acids is 4. The van der Waals surface area contributed by atoms with E-state index in [1.165, 1.54) is 4.90 Å². The van der Waals surface area contributed by atoms with Gasteiger partial charge in [0.2, 0.25) is 17.7 Å². The quantitative estimate of drug-likeness (QED) is 0.414. The van der Waals surface area contributed by atoms with Crippen LogP contribution in [0.2, 0.25) is 0 Å². The average Bonchev–Trinajstić information content (AvgIpc) is 3.46. The number of ether oxygens (including phenoxy) is 2. The van der Waals surface area contributed by atoms with Crippen LogP contribution in [0.3, 0.4) is 0 Å². The molecule has 4 rings (SSSR count). The van der Waals surface area contributed by atoms with Crippen LogP contribution in [0.15, 0.2) is 24.3 Å². The SMILES string of the molecule is CC(C)[C@H](CO)N1C(=O)[C@H]2[C@@H]3C(=O)O[C@H](C)CNC(=O)CC/C=C\CN(C(C)(C)C)C(=O)[C@H]1[C@@]21C=C[C@@H]3O1. The molecule has 3 amide bonds. The van der Waals surface area contributed by atoms with Crippen molar-refractivity contribution in [1.29, 1.82) is 0 Å². The number of allylic oxidation sites excluding steroid dienone is 1. The van der Waals surface area contributed by atoms with Crippen molar-refractivity contribution in [3.8, 4) is 0 Å². The van der Waals surface area contributed by atoms with E-state index in [0.717, 1.165) is 0 Å². The molecule has 38 heavy (non-hydrogen) atoms. The number of hydrogen-bond acceptors (Lipinski definition) is 7. The summed E-state index contributed by atoms with van der Waals surface area (Å²) in [6.07, 6.45) is 6.67. The lowest BCUT2D eigenvalue weighted by atomic mass is 9.74. The van der Waals surface area contributed by atoms with E-state index in [9.17, 15) is 24.3 Å². The lowest BCUT2D eigenvalue weighted by Crippen LogP contribution is -2.62. The van der Waals surface area contributed by atoms with Crippen LogP contribution < -0.4 is 5.32 Å². The Morgan fingerprint density at radius 1 is 1.16 bits per heavy atom. The van der Waals surface area contributed by atoms with Gasteiger partial charge in [-0.05, 0) is 40.0 Å². The van der Waals surface area contributed by atoms with Crippen molar-refractivity contribution >= 4 is 23.7 Å². The van der Waals surface area contributed by atoms with Crippen molar-refractivity contribution in [3.05, 3.63) is 24.3 Å². The highest BCUT2D eigenvalue weighted by Crippen LogP contribution is 2.56. The fourth-order valence-electron chi connectivity index (χ4n) is 6.15. The van der Waals surface area contributed by atoms with Crippen molar-refractivity contribution in [3.63, 3.8) is 0 Å². The number of rotatable bonds is 3. The third kappa shape index (κ3) is 4.77. The fraction of sp³-hybridized carbons (Fsp3) is 0.714. The van der Waals surface area contributed by atoms with Crippen molar-refractivity contribution in [2.75, 3.05) is 19.7 Å². The van der Waals surface area contributed by atoms with E-state index in [4.69, 9.17) is 9.47 Å². The third-order valence-electron chi connectivity index (χ3n) is 8.10. The molecule has 4 heterocycles. The molecule has 2 saturated heterocycles. The molecule has 210 valence electrons. The summed E-state index contributed by atoms with van der Waals surface area (Å²) >= 11 is 0. The van der Waals surface area contributed by atoms with E-state index in [2.05, 4.69) is 5.32 Å². The molecule has 0 saturated carbocycles. The Hall–Kier alpha value is -2.72. The van der Waals surface area contributed by atoms with E-state index < -0.39 is 59.1 Å². The number of amides is 3. The number of aliphatic hydroxyl groups is 1. The molecular formula is C28H41N3O7. The maximum Gasteiger partial charge on any atom is 0.313 e. The number of cyclic esters (lactones) is 1. The Bertz CT molecular complexity index is 1030.